The van der Waals surface area contributed by atoms with E-state index in [0.717, 1.165) is 35.5 Å². The smallest absolute Gasteiger partial charge is 0.314 e. The first-order valence-electron chi connectivity index (χ1n) is 8.90. The Morgan fingerprint density at radius 1 is 1.24 bits per heavy atom. The molecule has 1 unspecified atom stereocenters. The highest BCUT2D eigenvalue weighted by Crippen LogP contribution is 2.35. The van der Waals surface area contributed by atoms with Gasteiger partial charge in [-0.05, 0) is 31.4 Å². The largest absolute Gasteiger partial charge is 0.414 e. The van der Waals surface area contributed by atoms with Crippen molar-refractivity contribution in [2.75, 3.05) is 5.73 Å². The van der Waals surface area contributed by atoms with Gasteiger partial charge in [-0.2, -0.15) is 8.78 Å². The number of hydrogen-bond donors (Lipinski definition) is 1. The number of fused-ring (bicyclic) bond motifs is 1. The lowest BCUT2D eigenvalue weighted by Gasteiger charge is -2.18. The van der Waals surface area contributed by atoms with Gasteiger partial charge in [0, 0.05) is 21.9 Å². The van der Waals surface area contributed by atoms with Crippen molar-refractivity contribution in [2.45, 2.75) is 38.2 Å². The van der Waals surface area contributed by atoms with Crippen LogP contribution in [0.15, 0.2) is 22.7 Å². The Morgan fingerprint density at radius 3 is 2.97 bits per heavy atom. The summed E-state index contributed by atoms with van der Waals surface area (Å²) in [6.07, 6.45) is 1.94. The van der Waals surface area contributed by atoms with E-state index in [0.29, 0.717) is 22.5 Å². The van der Waals surface area contributed by atoms with Gasteiger partial charge in [0.15, 0.2) is 5.13 Å². The van der Waals surface area contributed by atoms with Crippen molar-refractivity contribution in [3.63, 3.8) is 0 Å². The Hall–Kier alpha value is -2.73. The number of thiazole rings is 1. The molecule has 5 rings (SSSR count). The number of anilines is 1. The van der Waals surface area contributed by atoms with Crippen molar-refractivity contribution >= 4 is 27.8 Å². The van der Waals surface area contributed by atoms with Gasteiger partial charge >= 0.3 is 6.43 Å². The third kappa shape index (κ3) is 3.65. The monoisotopic (exact) mass is 435 g/mol. The number of aryl methyl sites for hydroxylation is 1. The molecule has 0 bridgehead atoms. The van der Waals surface area contributed by atoms with Crippen molar-refractivity contribution < 1.29 is 13.2 Å². The molecule has 1 atom stereocenters. The summed E-state index contributed by atoms with van der Waals surface area (Å²) >= 11 is 2.94. The van der Waals surface area contributed by atoms with Crippen LogP contribution in [0.2, 0.25) is 0 Å². The van der Waals surface area contributed by atoms with Crippen LogP contribution in [-0.2, 0) is 19.4 Å². The number of hydrogen-bond acceptors (Lipinski definition) is 9. The van der Waals surface area contributed by atoms with Crippen molar-refractivity contribution in [2.24, 2.45) is 0 Å². The molecular weight excluding hydrogens is 420 g/mol. The molecule has 4 aromatic heterocycles. The number of nitrogen functional groups attached to an aromatic ring is 1. The van der Waals surface area contributed by atoms with Gasteiger partial charge in [-0.25, -0.2) is 9.67 Å². The van der Waals surface area contributed by atoms with Crippen molar-refractivity contribution in [3.05, 3.63) is 45.4 Å². The average Bonchev–Trinajstić information content (AvgIpc) is 3.47. The highest BCUT2D eigenvalue weighted by molar-refractivity contribution is 7.15. The van der Waals surface area contributed by atoms with Gasteiger partial charge < -0.3 is 10.2 Å². The molecule has 0 aromatic carbocycles. The summed E-state index contributed by atoms with van der Waals surface area (Å²) in [5.41, 5.74) is 7.88. The lowest BCUT2D eigenvalue weighted by Crippen LogP contribution is -2.11. The zero-order valence-corrected chi connectivity index (χ0v) is 16.6. The molecule has 2 N–H and O–H groups in total. The van der Waals surface area contributed by atoms with Crippen LogP contribution in [0, 0.1) is 0 Å². The van der Waals surface area contributed by atoms with Crippen LogP contribution in [0.1, 0.15) is 45.8 Å². The second kappa shape index (κ2) is 7.26. The fourth-order valence-electron chi connectivity index (χ4n) is 3.38. The predicted octanol–water partition coefficient (Wildman–Crippen LogP) is 3.69. The number of nitrogens with two attached hydrogens (primary N) is 1. The van der Waals surface area contributed by atoms with Crippen LogP contribution in [-0.4, -0.2) is 30.2 Å². The van der Waals surface area contributed by atoms with Gasteiger partial charge in [-0.3, -0.25) is 0 Å². The van der Waals surface area contributed by atoms with Crippen LogP contribution in [0.25, 0.3) is 10.8 Å². The van der Waals surface area contributed by atoms with E-state index in [1.165, 1.54) is 16.2 Å². The molecule has 0 spiro atoms. The standard InChI is InChI=1S/C17H15F2N7OS2/c18-14(19)16-24-23-15(27-16)12-4-2-9(28-12)6-26-7-11(22-25-26)8-1-3-10-13(5-8)29-17(20)21-10/h2,4,7-8,14H,1,3,5-6H2,(H2,20,21). The quantitative estimate of drug-likeness (QED) is 0.509. The van der Waals surface area contributed by atoms with E-state index < -0.39 is 12.3 Å². The van der Waals surface area contributed by atoms with Crippen molar-refractivity contribution in [3.8, 4) is 10.8 Å². The Kier molecular flexibility index (Phi) is 4.59. The van der Waals surface area contributed by atoms with E-state index in [2.05, 4.69) is 25.5 Å². The molecule has 0 fully saturated rings. The van der Waals surface area contributed by atoms with E-state index in [9.17, 15) is 8.78 Å². The van der Waals surface area contributed by atoms with Gasteiger partial charge in [-0.15, -0.1) is 38.0 Å². The predicted molar refractivity (Wildman–Crippen MR) is 103 cm³/mol. The molecule has 29 heavy (non-hydrogen) atoms. The van der Waals surface area contributed by atoms with Gasteiger partial charge in [-0.1, -0.05) is 5.21 Å². The van der Waals surface area contributed by atoms with Crippen LogP contribution >= 0.6 is 22.7 Å². The first kappa shape index (κ1) is 18.3. The van der Waals surface area contributed by atoms with E-state index >= 15 is 0 Å². The van der Waals surface area contributed by atoms with E-state index in [4.69, 9.17) is 10.2 Å². The topological polar surface area (TPSA) is 109 Å². The maximum atomic E-state index is 12.6. The molecule has 150 valence electrons. The molecule has 0 saturated carbocycles. The zero-order chi connectivity index (χ0) is 20.0. The fraction of sp³-hybridized carbons (Fsp3) is 0.353. The summed E-state index contributed by atoms with van der Waals surface area (Å²) in [6.45, 7) is 0.527. The number of thiophene rings is 1. The minimum Gasteiger partial charge on any atom is -0.414 e. The zero-order valence-electron chi connectivity index (χ0n) is 15.0. The maximum Gasteiger partial charge on any atom is 0.314 e. The third-order valence-electron chi connectivity index (χ3n) is 4.75. The maximum absolute atomic E-state index is 12.6. The van der Waals surface area contributed by atoms with Gasteiger partial charge in [0.1, 0.15) is 0 Å². The number of nitrogens with zero attached hydrogens (tertiary/aromatic N) is 6. The summed E-state index contributed by atoms with van der Waals surface area (Å²) in [7, 11) is 0. The lowest BCUT2D eigenvalue weighted by molar-refractivity contribution is 0.116. The van der Waals surface area contributed by atoms with Gasteiger partial charge in [0.25, 0.3) is 11.8 Å². The van der Waals surface area contributed by atoms with E-state index in [-0.39, 0.29) is 5.89 Å². The van der Waals surface area contributed by atoms with Crippen LogP contribution in [0.3, 0.4) is 0 Å². The van der Waals surface area contributed by atoms with Crippen molar-refractivity contribution in [1.82, 2.24) is 30.2 Å². The molecule has 4 heterocycles. The Morgan fingerprint density at radius 2 is 2.14 bits per heavy atom. The molecule has 1 aliphatic rings. The number of aromatic nitrogens is 6. The number of rotatable bonds is 5. The second-order valence-electron chi connectivity index (χ2n) is 6.71. The lowest BCUT2D eigenvalue weighted by atomic mass is 9.89. The summed E-state index contributed by atoms with van der Waals surface area (Å²) in [4.78, 5) is 7.23. The summed E-state index contributed by atoms with van der Waals surface area (Å²) in [5.74, 6) is -0.270. The van der Waals surface area contributed by atoms with E-state index in [1.54, 1.807) is 22.1 Å². The Bertz CT molecular complexity index is 1150. The molecule has 0 saturated heterocycles. The van der Waals surface area contributed by atoms with Crippen LogP contribution < -0.4 is 5.73 Å². The minimum atomic E-state index is -2.78. The molecule has 12 heteroatoms. The highest BCUT2D eigenvalue weighted by atomic mass is 32.1. The van der Waals surface area contributed by atoms with Gasteiger partial charge in [0.05, 0.1) is 22.8 Å². The first-order chi connectivity index (χ1) is 14.0. The summed E-state index contributed by atoms with van der Waals surface area (Å²) in [5, 5.41) is 16.3. The number of halogens is 2. The van der Waals surface area contributed by atoms with Crippen molar-refractivity contribution in [1.29, 1.82) is 0 Å². The van der Waals surface area contributed by atoms with Crippen LogP contribution in [0.5, 0.6) is 0 Å². The summed E-state index contributed by atoms with van der Waals surface area (Å²) in [6, 6.07) is 3.66. The molecule has 0 radical (unpaired) electrons. The van der Waals surface area contributed by atoms with Crippen LogP contribution in [0.4, 0.5) is 13.9 Å². The number of alkyl halides is 2. The molecule has 0 aliphatic heterocycles. The normalized spacial score (nSPS) is 16.4. The molecule has 8 nitrogen and oxygen atoms in total. The highest BCUT2D eigenvalue weighted by Gasteiger charge is 2.25. The Labute approximate surface area is 171 Å². The molecule has 4 aromatic rings. The Balaban J connectivity index is 1.28. The molecule has 1 aliphatic carbocycles. The third-order valence-corrected chi connectivity index (χ3v) is 6.76. The average molecular weight is 435 g/mol. The first-order valence-corrected chi connectivity index (χ1v) is 10.5. The van der Waals surface area contributed by atoms with E-state index in [1.807, 2.05) is 12.3 Å². The fourth-order valence-corrected chi connectivity index (χ4v) is 5.26. The second-order valence-corrected chi connectivity index (χ2v) is 9.00. The SMILES string of the molecule is Nc1nc2c(s1)CC(c1cn(Cc3ccc(-c4nnc(C(F)F)o4)s3)nn1)CC2. The molecule has 0 amide bonds. The van der Waals surface area contributed by atoms with Gasteiger partial charge in [0.2, 0.25) is 0 Å². The molecular formula is C17H15F2N7OS2. The minimum absolute atomic E-state index is 0.0951. The summed E-state index contributed by atoms with van der Waals surface area (Å²) < 4.78 is 32.0.